The Kier molecular flexibility index (Phi) is 8.45. The fraction of sp³-hybridized carbons (Fsp3) is 0.250. The third-order valence-electron chi connectivity index (χ3n) is 3.93. The number of alkyl halides is 2. The Morgan fingerprint density at radius 1 is 1.10 bits per heavy atom. The quantitative estimate of drug-likeness (QED) is 0.529. The Morgan fingerprint density at radius 2 is 1.81 bits per heavy atom. The molecule has 2 aromatic rings. The summed E-state index contributed by atoms with van der Waals surface area (Å²) >= 11 is 0. The summed E-state index contributed by atoms with van der Waals surface area (Å²) in [5.74, 6) is -3.05. The number of amides is 2. The maximum atomic E-state index is 12.7. The van der Waals surface area contributed by atoms with Crippen LogP contribution < -0.4 is 15.4 Å². The van der Waals surface area contributed by atoms with Crippen molar-refractivity contribution in [2.75, 3.05) is 12.3 Å². The molecule has 0 aliphatic heterocycles. The number of carbonyl (C=O) groups is 2. The van der Waals surface area contributed by atoms with Crippen LogP contribution in [0.4, 0.5) is 8.78 Å². The lowest BCUT2D eigenvalue weighted by atomic mass is 10.2. The second-order valence-corrected chi connectivity index (χ2v) is 8.46. The number of nitriles is 1. The van der Waals surface area contributed by atoms with Gasteiger partial charge in [0.2, 0.25) is 5.91 Å². The minimum Gasteiger partial charge on any atom is -0.435 e. The normalized spacial score (nSPS) is 11.9. The molecule has 0 bridgehead atoms. The molecule has 0 saturated carbocycles. The van der Waals surface area contributed by atoms with Crippen LogP contribution in [0.25, 0.3) is 0 Å². The van der Waals surface area contributed by atoms with Crippen LogP contribution >= 0.6 is 0 Å². The minimum absolute atomic E-state index is 0.170. The van der Waals surface area contributed by atoms with Crippen molar-refractivity contribution in [1.82, 2.24) is 10.6 Å². The molecule has 8 nitrogen and oxygen atoms in total. The zero-order valence-corrected chi connectivity index (χ0v) is 16.9. The summed E-state index contributed by atoms with van der Waals surface area (Å²) in [5.41, 5.74) is 0.388. The number of carbonyl (C=O) groups excluding carboxylic acids is 2. The van der Waals surface area contributed by atoms with Crippen molar-refractivity contribution < 1.29 is 31.5 Å². The van der Waals surface area contributed by atoms with Gasteiger partial charge in [-0.2, -0.15) is 14.0 Å². The van der Waals surface area contributed by atoms with E-state index in [2.05, 4.69) is 15.4 Å². The fourth-order valence-corrected chi connectivity index (χ4v) is 4.19. The zero-order valence-electron chi connectivity index (χ0n) is 16.1. The summed E-state index contributed by atoms with van der Waals surface area (Å²) < 4.78 is 54.3. The van der Waals surface area contributed by atoms with Crippen molar-refractivity contribution in [3.05, 3.63) is 65.7 Å². The van der Waals surface area contributed by atoms with Gasteiger partial charge in [-0.25, -0.2) is 8.42 Å². The molecule has 2 aromatic carbocycles. The fourth-order valence-electron chi connectivity index (χ4n) is 2.64. The molecule has 0 fully saturated rings. The van der Waals surface area contributed by atoms with Crippen LogP contribution in [0.5, 0.6) is 5.75 Å². The van der Waals surface area contributed by atoms with Crippen LogP contribution in [0.15, 0.2) is 54.6 Å². The molecule has 0 radical (unpaired) electrons. The monoisotopic (exact) mass is 451 g/mol. The number of ether oxygens (including phenoxy) is 1. The number of rotatable bonds is 10. The van der Waals surface area contributed by atoms with Crippen LogP contribution in [0.1, 0.15) is 15.9 Å². The Bertz CT molecular complexity index is 1060. The van der Waals surface area contributed by atoms with Crippen LogP contribution in [0.3, 0.4) is 0 Å². The lowest BCUT2D eigenvalue weighted by Crippen LogP contribution is -2.50. The third-order valence-corrected chi connectivity index (χ3v) is 5.54. The molecule has 164 valence electrons. The van der Waals surface area contributed by atoms with E-state index < -0.39 is 45.8 Å². The van der Waals surface area contributed by atoms with Gasteiger partial charge in [-0.15, -0.1) is 0 Å². The average Bonchev–Trinajstić information content (AvgIpc) is 2.71. The zero-order chi connectivity index (χ0) is 22.9. The van der Waals surface area contributed by atoms with E-state index in [0.717, 1.165) is 6.07 Å². The topological polar surface area (TPSA) is 125 Å². The number of nitrogens with one attached hydrogen (secondary N) is 2. The SMILES string of the molecule is N#CCNC(=O)C(CS(=O)(=O)Cc1cccc(OC(F)F)c1)NC(=O)c1ccccc1. The summed E-state index contributed by atoms with van der Waals surface area (Å²) in [5, 5.41) is 13.2. The maximum Gasteiger partial charge on any atom is 0.387 e. The van der Waals surface area contributed by atoms with Crippen molar-refractivity contribution in [3.8, 4) is 11.8 Å². The summed E-state index contributed by atoms with van der Waals surface area (Å²) in [6, 6.07) is 13.3. The molecule has 2 rings (SSSR count). The first-order valence-electron chi connectivity index (χ1n) is 8.95. The maximum absolute atomic E-state index is 12.7. The second-order valence-electron chi connectivity index (χ2n) is 6.35. The molecule has 0 aliphatic rings. The molecule has 2 amide bonds. The Labute approximate surface area is 177 Å². The molecule has 0 aliphatic carbocycles. The summed E-state index contributed by atoms with van der Waals surface area (Å²) in [4.78, 5) is 24.7. The molecule has 0 heterocycles. The molecule has 2 N–H and O–H groups in total. The number of nitrogens with zero attached hydrogens (tertiary/aromatic N) is 1. The number of benzene rings is 2. The molecule has 1 unspecified atom stereocenters. The predicted molar refractivity (Wildman–Crippen MR) is 107 cm³/mol. The minimum atomic E-state index is -3.98. The van der Waals surface area contributed by atoms with E-state index in [1.165, 1.54) is 30.3 Å². The van der Waals surface area contributed by atoms with Gasteiger partial charge in [-0.1, -0.05) is 30.3 Å². The largest absolute Gasteiger partial charge is 0.435 e. The van der Waals surface area contributed by atoms with Gasteiger partial charge >= 0.3 is 6.61 Å². The van der Waals surface area contributed by atoms with Gasteiger partial charge in [-0.3, -0.25) is 9.59 Å². The van der Waals surface area contributed by atoms with Gasteiger partial charge in [0.25, 0.3) is 5.91 Å². The van der Waals surface area contributed by atoms with E-state index in [0.29, 0.717) is 0 Å². The van der Waals surface area contributed by atoms with Crippen molar-refractivity contribution in [1.29, 1.82) is 5.26 Å². The number of sulfone groups is 1. The standard InChI is InChI=1S/C20H19F2N3O5S/c21-20(22)30-16-8-4-5-14(11-16)12-31(28,29)13-17(19(27)24-10-9-23)25-18(26)15-6-2-1-3-7-15/h1-8,11,17,20H,10,12-13H2,(H,24,27)(H,25,26). The van der Waals surface area contributed by atoms with E-state index >= 15 is 0 Å². The first-order chi connectivity index (χ1) is 14.7. The van der Waals surface area contributed by atoms with E-state index in [1.54, 1.807) is 24.3 Å². The Balaban J connectivity index is 2.17. The van der Waals surface area contributed by atoms with Gasteiger partial charge in [0, 0.05) is 5.56 Å². The van der Waals surface area contributed by atoms with Gasteiger partial charge in [0.05, 0.1) is 17.6 Å². The number of hydrogen-bond acceptors (Lipinski definition) is 6. The molecular formula is C20H19F2N3O5S. The van der Waals surface area contributed by atoms with Crippen molar-refractivity contribution in [2.45, 2.75) is 18.4 Å². The summed E-state index contributed by atoms with van der Waals surface area (Å²) in [6.07, 6.45) is 0. The van der Waals surface area contributed by atoms with Gasteiger partial charge in [0.15, 0.2) is 9.84 Å². The Morgan fingerprint density at radius 3 is 2.45 bits per heavy atom. The van der Waals surface area contributed by atoms with Crippen molar-refractivity contribution in [2.24, 2.45) is 0 Å². The highest BCUT2D eigenvalue weighted by atomic mass is 32.2. The van der Waals surface area contributed by atoms with Crippen molar-refractivity contribution >= 4 is 21.7 Å². The predicted octanol–water partition coefficient (Wildman–Crippen LogP) is 1.64. The van der Waals surface area contributed by atoms with E-state index in [-0.39, 0.29) is 23.4 Å². The molecule has 31 heavy (non-hydrogen) atoms. The molecule has 0 aromatic heterocycles. The molecule has 1 atom stereocenters. The van der Waals surface area contributed by atoms with Gasteiger partial charge < -0.3 is 15.4 Å². The van der Waals surface area contributed by atoms with E-state index in [1.807, 2.05) is 0 Å². The molecule has 0 saturated heterocycles. The smallest absolute Gasteiger partial charge is 0.387 e. The molecular weight excluding hydrogens is 432 g/mol. The average molecular weight is 451 g/mol. The van der Waals surface area contributed by atoms with Crippen LogP contribution in [0.2, 0.25) is 0 Å². The first-order valence-corrected chi connectivity index (χ1v) is 10.8. The van der Waals surface area contributed by atoms with Crippen LogP contribution in [-0.2, 0) is 20.4 Å². The molecule has 11 heteroatoms. The van der Waals surface area contributed by atoms with Gasteiger partial charge in [-0.05, 0) is 29.8 Å². The van der Waals surface area contributed by atoms with Crippen LogP contribution in [0, 0.1) is 11.3 Å². The highest BCUT2D eigenvalue weighted by Gasteiger charge is 2.28. The highest BCUT2D eigenvalue weighted by molar-refractivity contribution is 7.90. The lowest BCUT2D eigenvalue weighted by Gasteiger charge is -2.18. The summed E-state index contributed by atoms with van der Waals surface area (Å²) in [7, 11) is -3.98. The summed E-state index contributed by atoms with van der Waals surface area (Å²) in [6.45, 7) is -3.43. The molecule has 0 spiro atoms. The Hall–Kier alpha value is -3.52. The van der Waals surface area contributed by atoms with E-state index in [9.17, 15) is 26.8 Å². The third kappa shape index (κ3) is 8.02. The van der Waals surface area contributed by atoms with Crippen LogP contribution in [-0.4, -0.2) is 45.2 Å². The van der Waals surface area contributed by atoms with E-state index in [4.69, 9.17) is 5.26 Å². The van der Waals surface area contributed by atoms with Gasteiger partial charge in [0.1, 0.15) is 18.3 Å². The lowest BCUT2D eigenvalue weighted by molar-refractivity contribution is -0.122. The second kappa shape index (κ2) is 11.0. The number of hydrogen-bond donors (Lipinski definition) is 2. The van der Waals surface area contributed by atoms with Crippen molar-refractivity contribution in [3.63, 3.8) is 0 Å². The first kappa shape index (κ1) is 23.8. The number of halogens is 2. The highest BCUT2D eigenvalue weighted by Crippen LogP contribution is 2.18.